The van der Waals surface area contributed by atoms with Crippen molar-refractivity contribution in [3.8, 4) is 16.9 Å². The molecule has 0 spiro atoms. The molecule has 1 aromatic carbocycles. The topological polar surface area (TPSA) is 67.2 Å². The molecule has 0 amide bonds. The molecular weight excluding hydrogens is 314 g/mol. The van der Waals surface area contributed by atoms with Crippen molar-refractivity contribution in [1.29, 1.82) is 0 Å². The van der Waals surface area contributed by atoms with Crippen LogP contribution in [0, 0.1) is 6.92 Å². The van der Waals surface area contributed by atoms with Crippen LogP contribution in [-0.2, 0) is 0 Å². The van der Waals surface area contributed by atoms with Crippen molar-refractivity contribution in [3.05, 3.63) is 60.6 Å². The Labute approximate surface area is 145 Å². The molecule has 3 aromatic heterocycles. The maximum atomic E-state index is 5.96. The molecule has 0 aliphatic carbocycles. The maximum absolute atomic E-state index is 5.96. The van der Waals surface area contributed by atoms with E-state index in [9.17, 15) is 0 Å². The first kappa shape index (κ1) is 15.3. The summed E-state index contributed by atoms with van der Waals surface area (Å²) in [6.45, 7) is 4.66. The number of hydrogen-bond donors (Lipinski definition) is 2. The highest BCUT2D eigenvalue weighted by Gasteiger charge is 2.17. The van der Waals surface area contributed by atoms with Gasteiger partial charge in [-0.2, -0.15) is 5.10 Å². The highest BCUT2D eigenvalue weighted by molar-refractivity contribution is 5.85. The number of benzene rings is 1. The summed E-state index contributed by atoms with van der Waals surface area (Å²) in [7, 11) is 0. The zero-order valence-electron chi connectivity index (χ0n) is 14.2. The average molecular weight is 333 g/mol. The molecule has 0 saturated carbocycles. The van der Waals surface area contributed by atoms with Crippen molar-refractivity contribution >= 4 is 17.3 Å². The van der Waals surface area contributed by atoms with Crippen LogP contribution in [0.1, 0.15) is 12.5 Å². The summed E-state index contributed by atoms with van der Waals surface area (Å²) in [5.41, 5.74) is 4.00. The highest BCUT2D eigenvalue weighted by Crippen LogP contribution is 2.37. The summed E-state index contributed by atoms with van der Waals surface area (Å²) in [4.78, 5) is 4.77. The van der Waals surface area contributed by atoms with Gasteiger partial charge in [-0.05, 0) is 19.4 Å². The number of nitrogens with one attached hydrogen (secondary N) is 2. The predicted octanol–water partition coefficient (Wildman–Crippen LogP) is 4.18. The van der Waals surface area contributed by atoms with Crippen LogP contribution in [0.2, 0.25) is 0 Å². The number of fused-ring (bicyclic) bond motifs is 1. The first-order valence-corrected chi connectivity index (χ1v) is 8.23. The average Bonchev–Trinajstić information content (AvgIpc) is 3.26. The molecule has 126 valence electrons. The smallest absolute Gasteiger partial charge is 0.150 e. The number of rotatable bonds is 5. The Balaban J connectivity index is 1.91. The molecule has 0 fully saturated rings. The first-order valence-electron chi connectivity index (χ1n) is 8.23. The second kappa shape index (κ2) is 6.32. The van der Waals surface area contributed by atoms with Gasteiger partial charge in [-0.15, -0.1) is 0 Å². The third-order valence-corrected chi connectivity index (χ3v) is 3.99. The zero-order valence-corrected chi connectivity index (χ0v) is 14.2. The molecule has 0 radical (unpaired) electrons. The van der Waals surface area contributed by atoms with Crippen molar-refractivity contribution < 1.29 is 4.74 Å². The Bertz CT molecular complexity index is 990. The third kappa shape index (κ3) is 2.82. The van der Waals surface area contributed by atoms with E-state index < -0.39 is 0 Å². The number of imidazole rings is 1. The quantitative estimate of drug-likeness (QED) is 0.575. The SMILES string of the molecule is CCOc1c(C)cn2cc(Nc3ccn[nH]3)nc2c1-c1ccccc1. The van der Waals surface area contributed by atoms with Crippen molar-refractivity contribution in [2.75, 3.05) is 11.9 Å². The van der Waals surface area contributed by atoms with Gasteiger partial charge >= 0.3 is 0 Å². The van der Waals surface area contributed by atoms with Gasteiger partial charge in [-0.3, -0.25) is 5.10 Å². The number of anilines is 2. The maximum Gasteiger partial charge on any atom is 0.150 e. The number of hydrogen-bond acceptors (Lipinski definition) is 4. The molecule has 0 aliphatic heterocycles. The molecule has 6 heteroatoms. The monoisotopic (exact) mass is 333 g/mol. The van der Waals surface area contributed by atoms with Gasteiger partial charge in [0.1, 0.15) is 11.6 Å². The molecule has 4 rings (SSSR count). The fourth-order valence-electron chi connectivity index (χ4n) is 2.96. The van der Waals surface area contributed by atoms with E-state index in [0.29, 0.717) is 6.61 Å². The molecule has 0 saturated heterocycles. The molecule has 3 heterocycles. The van der Waals surface area contributed by atoms with E-state index in [4.69, 9.17) is 9.72 Å². The highest BCUT2D eigenvalue weighted by atomic mass is 16.5. The van der Waals surface area contributed by atoms with Gasteiger partial charge in [0.15, 0.2) is 11.5 Å². The zero-order chi connectivity index (χ0) is 17.2. The number of ether oxygens (including phenoxy) is 1. The number of pyridine rings is 1. The molecule has 6 nitrogen and oxygen atoms in total. The molecule has 0 bridgehead atoms. The van der Waals surface area contributed by atoms with Crippen molar-refractivity contribution in [2.24, 2.45) is 0 Å². The van der Waals surface area contributed by atoms with Gasteiger partial charge in [0.2, 0.25) is 0 Å². The first-order chi connectivity index (χ1) is 12.3. The van der Waals surface area contributed by atoms with E-state index in [2.05, 4.69) is 34.6 Å². The second-order valence-electron chi connectivity index (χ2n) is 5.77. The van der Waals surface area contributed by atoms with Gasteiger partial charge in [0.25, 0.3) is 0 Å². The van der Waals surface area contributed by atoms with Gasteiger partial charge < -0.3 is 14.5 Å². The Kier molecular flexibility index (Phi) is 3.85. The van der Waals surface area contributed by atoms with E-state index in [1.165, 1.54) is 0 Å². The number of aryl methyl sites for hydroxylation is 1. The normalized spacial score (nSPS) is 11.0. The van der Waals surface area contributed by atoms with Crippen LogP contribution < -0.4 is 10.1 Å². The van der Waals surface area contributed by atoms with Crippen LogP contribution >= 0.6 is 0 Å². The molecule has 25 heavy (non-hydrogen) atoms. The third-order valence-electron chi connectivity index (χ3n) is 3.99. The minimum Gasteiger partial charge on any atom is -0.493 e. The molecule has 0 atom stereocenters. The summed E-state index contributed by atoms with van der Waals surface area (Å²) in [6, 6.07) is 12.1. The van der Waals surface area contributed by atoms with Crippen LogP contribution in [0.25, 0.3) is 16.8 Å². The largest absolute Gasteiger partial charge is 0.493 e. The summed E-state index contributed by atoms with van der Waals surface area (Å²) >= 11 is 0. The van der Waals surface area contributed by atoms with E-state index in [1.54, 1.807) is 6.20 Å². The van der Waals surface area contributed by atoms with Crippen LogP contribution in [0.3, 0.4) is 0 Å². The van der Waals surface area contributed by atoms with Crippen LogP contribution in [0.15, 0.2) is 55.0 Å². The minimum atomic E-state index is 0.608. The molecule has 0 unspecified atom stereocenters. The summed E-state index contributed by atoms with van der Waals surface area (Å²) in [5, 5.41) is 10.1. The molecule has 0 aliphatic rings. The van der Waals surface area contributed by atoms with Crippen molar-refractivity contribution in [2.45, 2.75) is 13.8 Å². The van der Waals surface area contributed by atoms with E-state index in [0.717, 1.165) is 39.7 Å². The minimum absolute atomic E-state index is 0.608. The van der Waals surface area contributed by atoms with Crippen molar-refractivity contribution in [1.82, 2.24) is 19.6 Å². The fourth-order valence-corrected chi connectivity index (χ4v) is 2.96. The lowest BCUT2D eigenvalue weighted by molar-refractivity contribution is 0.339. The van der Waals surface area contributed by atoms with Gasteiger partial charge in [0.05, 0.1) is 24.6 Å². The summed E-state index contributed by atoms with van der Waals surface area (Å²) < 4.78 is 7.98. The summed E-state index contributed by atoms with van der Waals surface area (Å²) in [5.74, 6) is 2.42. The number of nitrogens with zero attached hydrogens (tertiary/aromatic N) is 3. The Morgan fingerprint density at radius 2 is 2.00 bits per heavy atom. The van der Waals surface area contributed by atoms with E-state index in [1.807, 2.05) is 48.0 Å². The van der Waals surface area contributed by atoms with Gasteiger partial charge in [-0.25, -0.2) is 4.98 Å². The Morgan fingerprint density at radius 1 is 1.16 bits per heavy atom. The Morgan fingerprint density at radius 3 is 2.72 bits per heavy atom. The predicted molar refractivity (Wildman–Crippen MR) is 98.4 cm³/mol. The standard InChI is InChI=1S/C19H19N5O/c1-3-25-18-13(2)11-24-12-16(21-15-9-10-20-23-15)22-19(24)17(18)14-7-5-4-6-8-14/h4-12H,3H2,1-2H3,(H2,20,21,23). The molecular formula is C19H19N5O. The second-order valence-corrected chi connectivity index (χ2v) is 5.77. The van der Waals surface area contributed by atoms with Crippen LogP contribution in [0.5, 0.6) is 5.75 Å². The van der Waals surface area contributed by atoms with Gasteiger partial charge in [0, 0.05) is 17.8 Å². The lowest BCUT2D eigenvalue weighted by Gasteiger charge is -2.14. The number of aromatic nitrogens is 4. The Hall–Kier alpha value is -3.28. The van der Waals surface area contributed by atoms with E-state index >= 15 is 0 Å². The van der Waals surface area contributed by atoms with E-state index in [-0.39, 0.29) is 0 Å². The van der Waals surface area contributed by atoms with Crippen molar-refractivity contribution in [3.63, 3.8) is 0 Å². The lowest BCUT2D eigenvalue weighted by atomic mass is 10.0. The summed E-state index contributed by atoms with van der Waals surface area (Å²) in [6.07, 6.45) is 5.70. The van der Waals surface area contributed by atoms with Gasteiger partial charge in [-0.1, -0.05) is 30.3 Å². The van der Waals surface area contributed by atoms with Crippen LogP contribution in [-0.4, -0.2) is 26.2 Å². The molecule has 4 aromatic rings. The lowest BCUT2D eigenvalue weighted by Crippen LogP contribution is -2.00. The number of H-pyrrole nitrogens is 1. The number of aromatic amines is 1. The molecule has 2 N–H and O–H groups in total. The van der Waals surface area contributed by atoms with Crippen LogP contribution in [0.4, 0.5) is 11.6 Å². The fraction of sp³-hybridized carbons (Fsp3) is 0.158.